The van der Waals surface area contributed by atoms with Gasteiger partial charge < -0.3 is 46.1 Å². The molecule has 0 radical (unpaired) electrons. The van der Waals surface area contributed by atoms with Crippen molar-refractivity contribution in [3.63, 3.8) is 0 Å². The molecular formula is C50H70N8O6. The first-order chi connectivity index (χ1) is 29.7. The van der Waals surface area contributed by atoms with Crippen LogP contribution in [0.3, 0.4) is 0 Å². The number of fused-ring (bicyclic) bond motifs is 6. The number of carbonyl (C=O) groups excluding carboxylic acids is 4. The van der Waals surface area contributed by atoms with Crippen LogP contribution in [0.15, 0.2) is 60.9 Å². The Labute approximate surface area is 379 Å². The van der Waals surface area contributed by atoms with Crippen LogP contribution in [0.25, 0.3) is 33.0 Å². The fourth-order valence-corrected chi connectivity index (χ4v) is 9.30. The summed E-state index contributed by atoms with van der Waals surface area (Å²) in [7, 11) is 6.44. The number of ether oxygens (including phenoxy) is 2. The van der Waals surface area contributed by atoms with Gasteiger partial charge in [-0.25, -0.2) is 19.2 Å². The van der Waals surface area contributed by atoms with Crippen molar-refractivity contribution >= 4 is 57.0 Å². The molecule has 64 heavy (non-hydrogen) atoms. The number of nitrogens with one attached hydrogen (secondary N) is 2. The number of quaternary nitrogens is 1. The van der Waals surface area contributed by atoms with Crippen LogP contribution in [0.1, 0.15) is 77.9 Å². The lowest BCUT2D eigenvalue weighted by molar-refractivity contribution is -0.894. The minimum atomic E-state index is -0.420. The molecule has 4 aliphatic rings. The quantitative estimate of drug-likeness (QED) is 0.124. The number of hydrogen-bond donors (Lipinski definition) is 2. The summed E-state index contributed by atoms with van der Waals surface area (Å²) < 4.78 is 12.1. The topological polar surface area (TPSA) is 135 Å². The van der Waals surface area contributed by atoms with Gasteiger partial charge in [-0.2, -0.15) is 0 Å². The maximum atomic E-state index is 13.6. The molecule has 14 nitrogen and oxygen atoms in total. The standard InChI is InChI=1S/C25H35N4O3.C24H32N4O3.CH3/c1-17(2)32-23(30)19-15-28(24(31)27-11-13-29(5,6)14-12-27)16-25(3,4)21-18-9-7-8-10-20(18)26-22(19)21;1-16(2)31-22(29)18-14-28(23(30)27-12-10-26(5)11-13-27)15-24(3,4)20-17-8-6-7-9-19(17)25-21(18)20;/h7-10,15,17,26H,11-14,16H2,1-6H3;6-9,14,16,25H,10-13,15H2,1-5H3;1H3/q+1;;-1. The number of benzene rings is 2. The smallest absolute Gasteiger partial charge is 0.342 e. The fourth-order valence-electron chi connectivity index (χ4n) is 9.30. The van der Waals surface area contributed by atoms with Crippen LogP contribution in [0.2, 0.25) is 0 Å². The van der Waals surface area contributed by atoms with E-state index in [0.717, 1.165) is 75.0 Å². The zero-order valence-corrected chi connectivity index (χ0v) is 40.1. The molecule has 0 spiro atoms. The molecule has 8 rings (SSSR count). The lowest BCUT2D eigenvalue weighted by Crippen LogP contribution is -2.58. The van der Waals surface area contributed by atoms with Crippen molar-refractivity contribution in [2.45, 2.75) is 78.4 Å². The maximum absolute atomic E-state index is 13.6. The fraction of sp³-hybridized carbons (Fsp3) is 0.500. The summed E-state index contributed by atoms with van der Waals surface area (Å²) in [5.74, 6) is -0.837. The van der Waals surface area contributed by atoms with Gasteiger partial charge in [-0.05, 0) is 58.0 Å². The van der Waals surface area contributed by atoms with Gasteiger partial charge >= 0.3 is 24.0 Å². The molecule has 0 atom stereocenters. The van der Waals surface area contributed by atoms with Gasteiger partial charge in [0.1, 0.15) is 0 Å². The first-order valence-electron chi connectivity index (χ1n) is 22.4. The minimum absolute atomic E-state index is 0. The zero-order valence-electron chi connectivity index (χ0n) is 40.1. The van der Waals surface area contributed by atoms with Crippen molar-refractivity contribution in [1.29, 1.82) is 0 Å². The number of carbonyl (C=O) groups is 4. The summed E-state index contributed by atoms with van der Waals surface area (Å²) in [4.78, 5) is 69.6. The number of hydrogen-bond acceptors (Lipinski definition) is 7. The molecule has 0 bridgehead atoms. The third-order valence-electron chi connectivity index (χ3n) is 12.6. The Bertz CT molecular complexity index is 2440. The normalized spacial score (nSPS) is 19.3. The van der Waals surface area contributed by atoms with Crippen LogP contribution < -0.4 is 0 Å². The Kier molecular flexibility index (Phi) is 13.8. The summed E-state index contributed by atoms with van der Waals surface area (Å²) in [6, 6.07) is 16.0. The molecule has 2 aromatic heterocycles. The molecule has 4 aromatic rings. The van der Waals surface area contributed by atoms with Crippen molar-refractivity contribution < 1.29 is 33.1 Å². The van der Waals surface area contributed by atoms with E-state index in [2.05, 4.69) is 75.8 Å². The summed E-state index contributed by atoms with van der Waals surface area (Å²) in [5, 5.41) is 2.14. The Balaban J connectivity index is 0.000000209. The number of H-pyrrole nitrogens is 2. The second-order valence-electron chi connectivity index (χ2n) is 20.1. The van der Waals surface area contributed by atoms with Gasteiger partial charge in [0.25, 0.3) is 0 Å². The summed E-state index contributed by atoms with van der Waals surface area (Å²) in [5.41, 5.74) is 5.59. The number of likely N-dealkylation sites (N-methyl/N-ethyl adjacent to an activating group) is 2. The van der Waals surface area contributed by atoms with E-state index in [-0.39, 0.29) is 42.5 Å². The number of para-hydroxylation sites is 2. The van der Waals surface area contributed by atoms with E-state index in [9.17, 15) is 19.2 Å². The molecule has 2 N–H and O–H groups in total. The van der Waals surface area contributed by atoms with E-state index < -0.39 is 11.9 Å². The van der Waals surface area contributed by atoms with Crippen molar-refractivity contribution in [2.24, 2.45) is 0 Å². The van der Waals surface area contributed by atoms with Gasteiger partial charge in [0.15, 0.2) is 0 Å². The Morgan fingerprint density at radius 2 is 0.984 bits per heavy atom. The van der Waals surface area contributed by atoms with Crippen LogP contribution in [0.4, 0.5) is 9.59 Å². The number of piperazine rings is 2. The van der Waals surface area contributed by atoms with E-state index in [0.29, 0.717) is 50.4 Å². The monoisotopic (exact) mass is 879 g/mol. The van der Waals surface area contributed by atoms with E-state index in [1.807, 2.05) is 73.9 Å². The minimum Gasteiger partial charge on any atom is -0.459 e. The summed E-state index contributed by atoms with van der Waals surface area (Å²) >= 11 is 0. The highest BCUT2D eigenvalue weighted by atomic mass is 16.5. The van der Waals surface area contributed by atoms with E-state index in [1.54, 1.807) is 22.2 Å². The maximum Gasteiger partial charge on any atom is 0.342 e. The number of aromatic amines is 2. The summed E-state index contributed by atoms with van der Waals surface area (Å²) in [6.07, 6.45) is 2.89. The van der Waals surface area contributed by atoms with E-state index >= 15 is 0 Å². The van der Waals surface area contributed by atoms with Crippen LogP contribution in [0.5, 0.6) is 0 Å². The van der Waals surface area contributed by atoms with Gasteiger partial charge in [-0.15, -0.1) is 0 Å². The molecule has 4 amide bonds. The van der Waals surface area contributed by atoms with Crippen LogP contribution >= 0.6 is 0 Å². The van der Waals surface area contributed by atoms with Crippen LogP contribution in [-0.4, -0.2) is 162 Å². The molecule has 0 aliphatic carbocycles. The van der Waals surface area contributed by atoms with Crippen molar-refractivity contribution in [3.05, 3.63) is 90.9 Å². The lowest BCUT2D eigenvalue weighted by Gasteiger charge is -2.41. The molecule has 0 unspecified atom stereocenters. The molecule has 14 heteroatoms. The zero-order chi connectivity index (χ0) is 45.6. The third-order valence-corrected chi connectivity index (χ3v) is 12.6. The molecule has 2 aromatic carbocycles. The SMILES string of the molecule is CC(C)OC(=O)C1=CN(C(=O)N2CCN(C)CC2)CC(C)(C)c2c1[nH]c1ccccc21.CC(C)OC(=O)C1=CN(C(=O)N2CC[N+](C)(C)CC2)CC(C)(C)c2c1[nH]c1ccccc21.[CH3-]. The molecule has 346 valence electrons. The molecule has 4 aliphatic heterocycles. The number of aromatic nitrogens is 2. The average molecular weight is 879 g/mol. The van der Waals surface area contributed by atoms with Crippen LogP contribution in [-0.2, 0) is 29.9 Å². The molecule has 6 heterocycles. The van der Waals surface area contributed by atoms with Gasteiger partial charge in [0.05, 0.1) is 75.0 Å². The highest BCUT2D eigenvalue weighted by Gasteiger charge is 2.41. The highest BCUT2D eigenvalue weighted by molar-refractivity contribution is 6.19. The largest absolute Gasteiger partial charge is 0.459 e. The van der Waals surface area contributed by atoms with Gasteiger partial charge in [0, 0.05) is 84.3 Å². The number of rotatable bonds is 4. The average Bonchev–Trinajstić information content (AvgIpc) is 3.74. The molecule has 2 fully saturated rings. The van der Waals surface area contributed by atoms with E-state index in [1.165, 1.54) is 0 Å². The first kappa shape index (κ1) is 47.9. The molecule has 0 saturated carbocycles. The first-order valence-corrected chi connectivity index (χ1v) is 22.4. The Hall–Kier alpha value is -5.60. The van der Waals surface area contributed by atoms with Gasteiger partial charge in [-0.1, -0.05) is 64.1 Å². The van der Waals surface area contributed by atoms with Gasteiger partial charge in [0.2, 0.25) is 0 Å². The van der Waals surface area contributed by atoms with Crippen LogP contribution in [0, 0.1) is 7.43 Å². The van der Waals surface area contributed by atoms with Crippen molar-refractivity contribution in [2.75, 3.05) is 86.6 Å². The predicted octanol–water partition coefficient (Wildman–Crippen LogP) is 7.44. The summed E-state index contributed by atoms with van der Waals surface area (Å²) in [6.45, 7) is 23.1. The highest BCUT2D eigenvalue weighted by Crippen LogP contribution is 2.42. The second kappa shape index (κ2) is 18.5. The second-order valence-corrected chi connectivity index (χ2v) is 20.1. The van der Waals surface area contributed by atoms with Crippen molar-refractivity contribution in [1.82, 2.24) is 34.5 Å². The number of esters is 2. The molecular weight excluding hydrogens is 809 g/mol. The number of nitrogens with zero attached hydrogens (tertiary/aromatic N) is 6. The Morgan fingerprint density at radius 3 is 1.38 bits per heavy atom. The predicted molar refractivity (Wildman–Crippen MR) is 254 cm³/mol. The van der Waals surface area contributed by atoms with Crippen molar-refractivity contribution in [3.8, 4) is 0 Å². The molecule has 2 saturated heterocycles. The number of amides is 4. The number of urea groups is 2. The van der Waals surface area contributed by atoms with Gasteiger partial charge in [-0.3, -0.25) is 9.80 Å². The Morgan fingerprint density at radius 1 is 0.609 bits per heavy atom. The van der Waals surface area contributed by atoms with E-state index in [4.69, 9.17) is 9.47 Å². The lowest BCUT2D eigenvalue weighted by atomic mass is 9.82. The third kappa shape index (κ3) is 9.87.